The van der Waals surface area contributed by atoms with Gasteiger partial charge in [-0.25, -0.2) is 8.42 Å². The highest BCUT2D eigenvalue weighted by molar-refractivity contribution is 7.91. The summed E-state index contributed by atoms with van der Waals surface area (Å²) in [5, 5.41) is 11.9. The number of rotatable bonds is 2. The molecule has 0 fully saturated rings. The fourth-order valence-electron chi connectivity index (χ4n) is 1.78. The van der Waals surface area contributed by atoms with E-state index < -0.39 is 9.84 Å². The number of fused-ring (bicyclic) bond motifs is 1. The lowest BCUT2D eigenvalue weighted by Crippen LogP contribution is -2.34. The molecule has 1 atom stereocenters. The molecule has 0 saturated heterocycles. The first-order chi connectivity index (χ1) is 7.13. The first-order valence-corrected chi connectivity index (χ1v) is 6.48. The van der Waals surface area contributed by atoms with Gasteiger partial charge in [-0.2, -0.15) is 0 Å². The Morgan fingerprint density at radius 2 is 2.13 bits per heavy atom. The van der Waals surface area contributed by atoms with Crippen molar-refractivity contribution < 1.29 is 13.5 Å². The van der Waals surface area contributed by atoms with E-state index in [-0.39, 0.29) is 18.4 Å². The lowest BCUT2D eigenvalue weighted by atomic mass is 10.2. The molecule has 1 aromatic carbocycles. The van der Waals surface area contributed by atoms with E-state index in [0.717, 1.165) is 0 Å². The summed E-state index contributed by atoms with van der Waals surface area (Å²) in [6, 6.07) is 6.67. The van der Waals surface area contributed by atoms with Crippen LogP contribution in [0.15, 0.2) is 29.2 Å². The Morgan fingerprint density at radius 3 is 2.87 bits per heavy atom. The minimum Gasteiger partial charge on any atom is -0.396 e. The van der Waals surface area contributed by atoms with E-state index in [0.29, 0.717) is 17.0 Å². The topological polar surface area (TPSA) is 66.4 Å². The lowest BCUT2D eigenvalue weighted by Gasteiger charge is -2.26. The van der Waals surface area contributed by atoms with Gasteiger partial charge in [0, 0.05) is 12.6 Å². The highest BCUT2D eigenvalue weighted by Crippen LogP contribution is 2.28. The van der Waals surface area contributed by atoms with Crippen molar-refractivity contribution in [1.82, 2.24) is 0 Å². The van der Waals surface area contributed by atoms with Crippen LogP contribution in [0.2, 0.25) is 0 Å². The number of hydrogen-bond acceptors (Lipinski definition) is 4. The minimum absolute atomic E-state index is 0.00461. The highest BCUT2D eigenvalue weighted by atomic mass is 32.2. The van der Waals surface area contributed by atoms with Gasteiger partial charge in [0.05, 0.1) is 16.3 Å². The standard InChI is InChI=1S/C10H13NO3S/c12-6-5-8-7-15(13,14)10-4-2-1-3-9(10)11-8/h1-4,8,11-12H,5-7H2. The number of benzene rings is 1. The van der Waals surface area contributed by atoms with Gasteiger partial charge < -0.3 is 10.4 Å². The summed E-state index contributed by atoms with van der Waals surface area (Å²) in [5.41, 5.74) is 0.641. The van der Waals surface area contributed by atoms with Crippen molar-refractivity contribution in [2.45, 2.75) is 17.4 Å². The molecule has 0 spiro atoms. The fraction of sp³-hybridized carbons (Fsp3) is 0.400. The molecule has 1 aliphatic rings. The van der Waals surface area contributed by atoms with Gasteiger partial charge >= 0.3 is 0 Å². The van der Waals surface area contributed by atoms with Crippen molar-refractivity contribution in [1.29, 1.82) is 0 Å². The average molecular weight is 227 g/mol. The summed E-state index contributed by atoms with van der Waals surface area (Å²) in [6.45, 7) is -0.00461. The quantitative estimate of drug-likeness (QED) is 0.778. The van der Waals surface area contributed by atoms with E-state index in [2.05, 4.69) is 5.32 Å². The number of aliphatic hydroxyl groups excluding tert-OH is 1. The maximum Gasteiger partial charge on any atom is 0.182 e. The molecule has 0 amide bonds. The molecular formula is C10H13NO3S. The third-order valence-electron chi connectivity index (χ3n) is 2.48. The van der Waals surface area contributed by atoms with Crippen LogP contribution < -0.4 is 5.32 Å². The van der Waals surface area contributed by atoms with Gasteiger partial charge in [0.2, 0.25) is 0 Å². The van der Waals surface area contributed by atoms with E-state index in [9.17, 15) is 8.42 Å². The van der Waals surface area contributed by atoms with Crippen molar-refractivity contribution in [3.05, 3.63) is 24.3 Å². The molecule has 1 heterocycles. The van der Waals surface area contributed by atoms with Gasteiger partial charge in [-0.15, -0.1) is 0 Å². The smallest absolute Gasteiger partial charge is 0.182 e. The molecule has 2 rings (SSSR count). The SMILES string of the molecule is O=S1(=O)CC(CCO)Nc2ccccc21. The Kier molecular flexibility index (Phi) is 2.67. The number of anilines is 1. The number of sulfone groups is 1. The largest absolute Gasteiger partial charge is 0.396 e. The third-order valence-corrected chi connectivity index (χ3v) is 4.35. The summed E-state index contributed by atoms with van der Waals surface area (Å²) in [5.74, 6) is 0.0601. The van der Waals surface area contributed by atoms with Crippen LogP contribution in [0.3, 0.4) is 0 Å². The van der Waals surface area contributed by atoms with Crippen LogP contribution in [0.4, 0.5) is 5.69 Å². The van der Waals surface area contributed by atoms with Gasteiger partial charge in [-0.05, 0) is 18.6 Å². The van der Waals surface area contributed by atoms with E-state index in [1.807, 2.05) is 0 Å². The average Bonchev–Trinajstić information content (AvgIpc) is 2.17. The Balaban J connectivity index is 2.40. The second-order valence-electron chi connectivity index (χ2n) is 3.63. The molecule has 15 heavy (non-hydrogen) atoms. The first kappa shape index (κ1) is 10.4. The summed E-state index contributed by atoms with van der Waals surface area (Å²) in [4.78, 5) is 0.360. The van der Waals surface area contributed by atoms with Gasteiger partial charge in [-0.3, -0.25) is 0 Å². The van der Waals surface area contributed by atoms with Crippen molar-refractivity contribution in [2.75, 3.05) is 17.7 Å². The van der Waals surface area contributed by atoms with Crippen LogP contribution in [-0.4, -0.2) is 31.9 Å². The van der Waals surface area contributed by atoms with Gasteiger partial charge in [0.25, 0.3) is 0 Å². The van der Waals surface area contributed by atoms with Crippen molar-refractivity contribution in [2.24, 2.45) is 0 Å². The molecule has 0 saturated carbocycles. The molecular weight excluding hydrogens is 214 g/mol. The van der Waals surface area contributed by atoms with Crippen LogP contribution in [0, 0.1) is 0 Å². The molecule has 0 aromatic heterocycles. The van der Waals surface area contributed by atoms with Gasteiger partial charge in [-0.1, -0.05) is 12.1 Å². The van der Waals surface area contributed by atoms with Gasteiger partial charge in [0.15, 0.2) is 9.84 Å². The van der Waals surface area contributed by atoms with Crippen LogP contribution in [0.25, 0.3) is 0 Å². The Hall–Kier alpha value is -1.07. The maximum absolute atomic E-state index is 11.8. The Labute approximate surface area is 88.9 Å². The first-order valence-electron chi connectivity index (χ1n) is 4.82. The molecule has 0 aliphatic carbocycles. The highest BCUT2D eigenvalue weighted by Gasteiger charge is 2.28. The second kappa shape index (κ2) is 3.83. The Morgan fingerprint density at radius 1 is 1.40 bits per heavy atom. The molecule has 0 radical (unpaired) electrons. The lowest BCUT2D eigenvalue weighted by molar-refractivity contribution is 0.282. The third kappa shape index (κ3) is 1.98. The number of para-hydroxylation sites is 1. The summed E-state index contributed by atoms with van der Waals surface area (Å²) < 4.78 is 23.7. The van der Waals surface area contributed by atoms with Crippen LogP contribution in [0.5, 0.6) is 0 Å². The number of nitrogens with one attached hydrogen (secondary N) is 1. The Bertz CT molecular complexity index is 455. The van der Waals surface area contributed by atoms with E-state index in [1.54, 1.807) is 24.3 Å². The molecule has 2 N–H and O–H groups in total. The maximum atomic E-state index is 11.8. The number of hydrogen-bond donors (Lipinski definition) is 2. The van der Waals surface area contributed by atoms with Crippen LogP contribution in [-0.2, 0) is 9.84 Å². The molecule has 0 bridgehead atoms. The second-order valence-corrected chi connectivity index (χ2v) is 5.63. The normalized spacial score (nSPS) is 22.9. The zero-order valence-electron chi connectivity index (χ0n) is 8.18. The number of aliphatic hydroxyl groups is 1. The van der Waals surface area contributed by atoms with Crippen LogP contribution >= 0.6 is 0 Å². The zero-order chi connectivity index (χ0) is 10.9. The van der Waals surface area contributed by atoms with Crippen molar-refractivity contribution >= 4 is 15.5 Å². The van der Waals surface area contributed by atoms with E-state index in [1.165, 1.54) is 0 Å². The predicted molar refractivity (Wildman–Crippen MR) is 57.6 cm³/mol. The van der Waals surface area contributed by atoms with Crippen LogP contribution in [0.1, 0.15) is 6.42 Å². The van der Waals surface area contributed by atoms with Gasteiger partial charge in [0.1, 0.15) is 0 Å². The van der Waals surface area contributed by atoms with E-state index in [4.69, 9.17) is 5.11 Å². The molecule has 5 heteroatoms. The molecule has 4 nitrogen and oxygen atoms in total. The summed E-state index contributed by atoms with van der Waals surface area (Å²) in [6.07, 6.45) is 0.452. The molecule has 1 aliphatic heterocycles. The molecule has 82 valence electrons. The van der Waals surface area contributed by atoms with Crippen molar-refractivity contribution in [3.63, 3.8) is 0 Å². The predicted octanol–water partition coefficient (Wildman–Crippen LogP) is 0.637. The zero-order valence-corrected chi connectivity index (χ0v) is 9.00. The minimum atomic E-state index is -3.19. The summed E-state index contributed by atoms with van der Waals surface area (Å²) >= 11 is 0. The molecule has 1 aromatic rings. The van der Waals surface area contributed by atoms with E-state index >= 15 is 0 Å². The summed E-state index contributed by atoms with van der Waals surface area (Å²) in [7, 11) is -3.19. The fourth-order valence-corrected chi connectivity index (χ4v) is 3.49. The monoisotopic (exact) mass is 227 g/mol. The molecule has 1 unspecified atom stereocenters. The van der Waals surface area contributed by atoms with Crippen molar-refractivity contribution in [3.8, 4) is 0 Å².